The monoisotopic (exact) mass is 757 g/mol. The van der Waals surface area contributed by atoms with Crippen LogP contribution in [0.4, 0.5) is 0 Å². The summed E-state index contributed by atoms with van der Waals surface area (Å²) in [6.45, 7) is 11.9. The summed E-state index contributed by atoms with van der Waals surface area (Å²) in [4.78, 5) is 41.2. The maximum Gasteiger partial charge on any atom is 0.350 e. The van der Waals surface area contributed by atoms with E-state index in [0.717, 1.165) is 75.7 Å². The van der Waals surface area contributed by atoms with Crippen LogP contribution < -0.4 is 9.47 Å². The van der Waals surface area contributed by atoms with Gasteiger partial charge in [-0.15, -0.1) is 0 Å². The Morgan fingerprint density at radius 3 is 1.16 bits per heavy atom. The molecule has 0 atom stereocenters. The van der Waals surface area contributed by atoms with E-state index in [-0.39, 0.29) is 52.1 Å². The Morgan fingerprint density at radius 2 is 0.863 bits per heavy atom. The average Bonchev–Trinajstić information content (AvgIpc) is 3.10. The molecular weight excluding hydrogens is 704 g/mol. The molecule has 283 valence electrons. The summed E-state index contributed by atoms with van der Waals surface area (Å²) in [5, 5.41) is 18.3. The molecule has 0 heterocycles. The number of ketones is 2. The van der Waals surface area contributed by atoms with Crippen molar-refractivity contribution in [3.8, 4) is 11.5 Å². The molecule has 0 aliphatic carbocycles. The molecule has 1 radical (unpaired) electrons. The van der Waals surface area contributed by atoms with Crippen molar-refractivity contribution >= 4 is 23.5 Å². The number of aliphatic hydroxyl groups excluding tert-OH is 2. The quantitative estimate of drug-likeness (QED) is 0.0207. The van der Waals surface area contributed by atoms with E-state index in [0.29, 0.717) is 37.6 Å². The summed E-state index contributed by atoms with van der Waals surface area (Å²) < 4.78 is 21.1. The van der Waals surface area contributed by atoms with Gasteiger partial charge in [0.05, 0.1) is 61.2 Å². The largest absolute Gasteiger partial charge is 0.512 e. The summed E-state index contributed by atoms with van der Waals surface area (Å²) in [5.74, 6) is 0.903. The molecule has 51 heavy (non-hydrogen) atoms. The minimum absolute atomic E-state index is 0. The SMILES string of the molecule is C=CC(=O)OCCCCCCCOc1ccc(C(=[OH+])/C=C(/C)O)cc1.C=CC(=O)OCCCCCCCOc1ccc(C(=[OH+])/C=C(/C)O)cc1.[Cu]. The van der Waals surface area contributed by atoms with E-state index in [1.54, 1.807) is 48.5 Å². The molecule has 11 heteroatoms. The molecule has 0 aromatic heterocycles. The molecule has 2 aromatic rings. The Bertz CT molecular complexity index is 1280. The predicted molar refractivity (Wildman–Crippen MR) is 197 cm³/mol. The second-order valence-electron chi connectivity index (χ2n) is 11.4. The topological polar surface area (TPSA) is 154 Å². The van der Waals surface area contributed by atoms with Gasteiger partial charge in [-0.25, -0.2) is 9.59 Å². The number of hydrogen-bond acceptors (Lipinski definition) is 8. The van der Waals surface area contributed by atoms with E-state index in [2.05, 4.69) is 13.2 Å². The van der Waals surface area contributed by atoms with Gasteiger partial charge >= 0.3 is 23.5 Å². The first kappa shape index (κ1) is 46.4. The van der Waals surface area contributed by atoms with E-state index in [4.69, 9.17) is 29.2 Å². The van der Waals surface area contributed by atoms with Crippen LogP contribution in [-0.4, -0.2) is 69.7 Å². The molecule has 10 nitrogen and oxygen atoms in total. The smallest absolute Gasteiger partial charge is 0.350 e. The summed E-state index contributed by atoms with van der Waals surface area (Å²) in [5.41, 5.74) is 1.25. The Balaban J connectivity index is 0.000000962. The first-order valence-corrected chi connectivity index (χ1v) is 17.0. The fourth-order valence-electron chi connectivity index (χ4n) is 4.32. The normalized spacial score (nSPS) is 10.8. The zero-order valence-corrected chi connectivity index (χ0v) is 30.7. The Labute approximate surface area is 312 Å². The van der Waals surface area contributed by atoms with Crippen LogP contribution in [0.1, 0.15) is 89.2 Å². The van der Waals surface area contributed by atoms with Crippen molar-refractivity contribution in [2.24, 2.45) is 0 Å². The molecule has 0 aliphatic rings. The van der Waals surface area contributed by atoms with E-state index in [9.17, 15) is 19.2 Å². The molecule has 0 spiro atoms. The van der Waals surface area contributed by atoms with Crippen LogP contribution in [0.15, 0.2) is 97.5 Å². The summed E-state index contributed by atoms with van der Waals surface area (Å²) in [7, 11) is 0. The van der Waals surface area contributed by atoms with Crippen LogP contribution in [0.3, 0.4) is 0 Å². The third kappa shape index (κ3) is 24.2. The minimum Gasteiger partial charge on any atom is -0.512 e. The number of ether oxygens (including phenoxy) is 4. The van der Waals surface area contributed by atoms with Crippen LogP contribution in [0.2, 0.25) is 0 Å². The first-order chi connectivity index (χ1) is 24.0. The van der Waals surface area contributed by atoms with Crippen molar-refractivity contribution in [1.82, 2.24) is 0 Å². The van der Waals surface area contributed by atoms with Crippen LogP contribution >= 0.6 is 0 Å². The minimum atomic E-state index is -0.368. The van der Waals surface area contributed by atoms with E-state index in [1.807, 2.05) is 0 Å². The number of hydrogen-bond donors (Lipinski definition) is 2. The van der Waals surface area contributed by atoms with Gasteiger partial charge in [-0.05, 0) is 88.1 Å². The Morgan fingerprint density at radius 1 is 0.569 bits per heavy atom. The Kier molecular flexibility index (Phi) is 26.5. The maximum absolute atomic E-state index is 10.8. The third-order valence-corrected chi connectivity index (χ3v) is 6.93. The zero-order chi connectivity index (χ0) is 37.0. The van der Waals surface area contributed by atoms with Crippen molar-refractivity contribution in [1.29, 1.82) is 0 Å². The molecule has 0 aliphatic heterocycles. The second-order valence-corrected chi connectivity index (χ2v) is 11.4. The molecule has 4 N–H and O–H groups in total. The predicted octanol–water partition coefficient (Wildman–Crippen LogP) is 8.20. The first-order valence-electron chi connectivity index (χ1n) is 17.0. The Hall–Kier alpha value is -4.60. The fraction of sp³-hybridized carbons (Fsp3) is 0.400. The average molecular weight is 758 g/mol. The van der Waals surface area contributed by atoms with Crippen LogP contribution in [0.5, 0.6) is 11.5 Å². The van der Waals surface area contributed by atoms with Gasteiger partial charge in [0.15, 0.2) is 0 Å². The van der Waals surface area contributed by atoms with Gasteiger partial charge < -0.3 is 29.2 Å². The number of carbonyl (C=O) groups is 2. The molecule has 0 saturated carbocycles. The van der Waals surface area contributed by atoms with Gasteiger partial charge in [-0.3, -0.25) is 9.59 Å². The second kappa shape index (κ2) is 29.2. The van der Waals surface area contributed by atoms with Crippen molar-refractivity contribution in [2.75, 3.05) is 26.4 Å². The van der Waals surface area contributed by atoms with E-state index < -0.39 is 0 Å². The van der Waals surface area contributed by atoms with Crippen molar-refractivity contribution < 1.29 is 65.4 Å². The van der Waals surface area contributed by atoms with Gasteiger partial charge in [0.2, 0.25) is 0 Å². The number of benzene rings is 2. The number of aliphatic hydroxyl groups is 2. The molecule has 0 unspecified atom stereocenters. The van der Waals surface area contributed by atoms with Crippen LogP contribution in [-0.2, 0) is 36.1 Å². The van der Waals surface area contributed by atoms with E-state index >= 15 is 0 Å². The maximum atomic E-state index is 10.8. The van der Waals surface area contributed by atoms with Gasteiger partial charge in [-0.2, -0.15) is 0 Å². The third-order valence-electron chi connectivity index (χ3n) is 6.93. The number of carbonyl (C=O) groups excluding carboxylic acids is 4. The molecule has 0 amide bonds. The van der Waals surface area contributed by atoms with Crippen molar-refractivity contribution in [3.63, 3.8) is 0 Å². The van der Waals surface area contributed by atoms with Crippen LogP contribution in [0, 0.1) is 0 Å². The molecule has 2 rings (SSSR count). The van der Waals surface area contributed by atoms with Crippen molar-refractivity contribution in [2.45, 2.75) is 78.1 Å². The molecular formula is C40H54CuO10+2. The van der Waals surface area contributed by atoms with Gasteiger partial charge in [0, 0.05) is 29.2 Å². The van der Waals surface area contributed by atoms with E-state index in [1.165, 1.54) is 38.2 Å². The fourth-order valence-corrected chi connectivity index (χ4v) is 4.32. The van der Waals surface area contributed by atoms with Gasteiger partial charge in [0.25, 0.3) is 0 Å². The summed E-state index contributed by atoms with van der Waals surface area (Å²) in [6, 6.07) is 14.1. The summed E-state index contributed by atoms with van der Waals surface area (Å²) in [6.07, 6.45) is 14.9. The standard InChI is InChI=1S/2C20H26O5.Cu/c2*1-3-20(23)25-14-8-6-4-5-7-13-24-18-11-9-17(10-12-18)19(22)15-16(2)21;/h2*3,9-12,15,21H,1,4-8,13-14H2,2H3;/p+2/b2*16-15-;. The summed E-state index contributed by atoms with van der Waals surface area (Å²) >= 11 is 0. The molecule has 0 saturated heterocycles. The van der Waals surface area contributed by atoms with Crippen molar-refractivity contribution in [3.05, 3.63) is 109 Å². The molecule has 0 fully saturated rings. The number of rotatable bonds is 24. The molecule has 2 aromatic carbocycles. The zero-order valence-electron chi connectivity index (χ0n) is 29.8. The molecule has 0 bridgehead atoms. The number of unbranched alkanes of at least 4 members (excludes halogenated alkanes) is 8. The van der Waals surface area contributed by atoms with Gasteiger partial charge in [0.1, 0.15) is 11.5 Å². The van der Waals surface area contributed by atoms with Gasteiger partial charge in [-0.1, -0.05) is 51.7 Å². The number of allylic oxidation sites excluding steroid dienone is 4. The number of esters is 2. The van der Waals surface area contributed by atoms with Crippen LogP contribution in [0.25, 0.3) is 0 Å².